The van der Waals surface area contributed by atoms with Crippen molar-refractivity contribution in [1.29, 1.82) is 0 Å². The minimum Gasteiger partial charge on any atom is -0.353 e. The van der Waals surface area contributed by atoms with Crippen molar-refractivity contribution in [2.24, 2.45) is 0 Å². The Morgan fingerprint density at radius 3 is 2.55 bits per heavy atom. The van der Waals surface area contributed by atoms with Crippen molar-refractivity contribution >= 4 is 11.7 Å². The van der Waals surface area contributed by atoms with Crippen LogP contribution in [0.1, 0.15) is 11.3 Å². The Labute approximate surface area is 130 Å². The summed E-state index contributed by atoms with van der Waals surface area (Å²) < 4.78 is 0. The van der Waals surface area contributed by atoms with E-state index >= 15 is 0 Å². The zero-order valence-corrected chi connectivity index (χ0v) is 12.8. The fraction of sp³-hybridized carbons (Fsp3) is 0.353. The van der Waals surface area contributed by atoms with Crippen molar-refractivity contribution in [2.75, 3.05) is 31.1 Å². The lowest BCUT2D eigenvalue weighted by atomic mass is 10.1. The molecule has 0 aromatic carbocycles. The highest BCUT2D eigenvalue weighted by molar-refractivity contribution is 5.79. The lowest BCUT2D eigenvalue weighted by Crippen LogP contribution is -2.49. The van der Waals surface area contributed by atoms with Crippen LogP contribution in [0.5, 0.6) is 0 Å². The van der Waals surface area contributed by atoms with Crippen LogP contribution in [-0.4, -0.2) is 47.0 Å². The molecule has 0 aliphatic carbocycles. The number of hydrogen-bond donors (Lipinski definition) is 0. The molecule has 2 aromatic heterocycles. The Morgan fingerprint density at radius 1 is 1.09 bits per heavy atom. The van der Waals surface area contributed by atoms with Gasteiger partial charge in [-0.2, -0.15) is 0 Å². The summed E-state index contributed by atoms with van der Waals surface area (Å²) in [5.41, 5.74) is 1.95. The zero-order chi connectivity index (χ0) is 15.4. The fourth-order valence-electron chi connectivity index (χ4n) is 2.62. The number of aromatic nitrogens is 2. The van der Waals surface area contributed by atoms with Crippen molar-refractivity contribution in [3.05, 3.63) is 54.0 Å². The number of piperazine rings is 1. The van der Waals surface area contributed by atoms with E-state index in [0.717, 1.165) is 43.3 Å². The normalized spacial score (nSPS) is 15.0. The van der Waals surface area contributed by atoms with Gasteiger partial charge in [-0.3, -0.25) is 9.78 Å². The lowest BCUT2D eigenvalue weighted by Gasteiger charge is -2.35. The molecule has 1 amide bonds. The second-order valence-electron chi connectivity index (χ2n) is 5.54. The predicted octanol–water partition coefficient (Wildman–Crippen LogP) is 1.68. The maximum Gasteiger partial charge on any atom is 0.227 e. The lowest BCUT2D eigenvalue weighted by molar-refractivity contribution is -0.130. The van der Waals surface area contributed by atoms with Gasteiger partial charge in [-0.25, -0.2) is 4.98 Å². The van der Waals surface area contributed by atoms with Gasteiger partial charge in [-0.1, -0.05) is 12.1 Å². The van der Waals surface area contributed by atoms with Crippen molar-refractivity contribution in [2.45, 2.75) is 13.3 Å². The van der Waals surface area contributed by atoms with Crippen LogP contribution >= 0.6 is 0 Å². The van der Waals surface area contributed by atoms with Crippen molar-refractivity contribution in [3.63, 3.8) is 0 Å². The van der Waals surface area contributed by atoms with E-state index in [2.05, 4.69) is 14.9 Å². The van der Waals surface area contributed by atoms with Gasteiger partial charge in [0.25, 0.3) is 0 Å². The van der Waals surface area contributed by atoms with E-state index in [1.54, 1.807) is 12.4 Å². The maximum absolute atomic E-state index is 12.4. The molecule has 0 N–H and O–H groups in total. The first-order valence-electron chi connectivity index (χ1n) is 7.58. The van der Waals surface area contributed by atoms with Crippen LogP contribution in [0.25, 0.3) is 0 Å². The molecule has 3 heterocycles. The maximum atomic E-state index is 12.4. The van der Waals surface area contributed by atoms with Crippen LogP contribution in [0.2, 0.25) is 0 Å². The molecule has 0 atom stereocenters. The molecule has 1 aliphatic heterocycles. The molecule has 1 saturated heterocycles. The average molecular weight is 296 g/mol. The molecule has 114 valence electrons. The number of carbonyl (C=O) groups excluding carboxylic acids is 1. The first kappa shape index (κ1) is 14.5. The second kappa shape index (κ2) is 6.56. The largest absolute Gasteiger partial charge is 0.353 e. The van der Waals surface area contributed by atoms with Crippen molar-refractivity contribution in [1.82, 2.24) is 14.9 Å². The molecule has 0 unspecified atom stereocenters. The summed E-state index contributed by atoms with van der Waals surface area (Å²) in [6, 6.07) is 9.84. The van der Waals surface area contributed by atoms with E-state index in [1.165, 1.54) is 0 Å². The van der Waals surface area contributed by atoms with Gasteiger partial charge in [0.1, 0.15) is 5.82 Å². The highest BCUT2D eigenvalue weighted by atomic mass is 16.2. The average Bonchev–Trinajstić information content (AvgIpc) is 2.58. The standard InChI is InChI=1S/C17H20N4O/c1-14-5-6-15(13-19-14)12-17(22)21-10-8-20(9-11-21)16-4-2-3-7-18-16/h2-7,13H,8-12H2,1H3. The smallest absolute Gasteiger partial charge is 0.227 e. The number of aryl methyl sites for hydroxylation is 1. The zero-order valence-electron chi connectivity index (χ0n) is 12.8. The SMILES string of the molecule is Cc1ccc(CC(=O)N2CCN(c3ccccn3)CC2)cn1. The number of hydrogen-bond acceptors (Lipinski definition) is 4. The van der Waals surface area contributed by atoms with E-state index in [4.69, 9.17) is 0 Å². The number of amides is 1. The molecular formula is C17H20N4O. The summed E-state index contributed by atoms with van der Waals surface area (Å²) in [6.45, 7) is 5.09. The molecule has 0 spiro atoms. The Kier molecular flexibility index (Phi) is 4.32. The van der Waals surface area contributed by atoms with E-state index in [0.29, 0.717) is 6.42 Å². The third-order valence-electron chi connectivity index (χ3n) is 3.93. The minimum atomic E-state index is 0.173. The highest BCUT2D eigenvalue weighted by Gasteiger charge is 2.21. The number of rotatable bonds is 3. The van der Waals surface area contributed by atoms with Gasteiger partial charge in [0.05, 0.1) is 6.42 Å². The Balaban J connectivity index is 1.54. The van der Waals surface area contributed by atoms with Gasteiger partial charge in [-0.05, 0) is 30.7 Å². The van der Waals surface area contributed by atoms with E-state index in [9.17, 15) is 4.79 Å². The van der Waals surface area contributed by atoms with Crippen LogP contribution in [0.15, 0.2) is 42.7 Å². The first-order chi connectivity index (χ1) is 10.7. The topological polar surface area (TPSA) is 49.3 Å². The molecule has 5 heteroatoms. The van der Waals surface area contributed by atoms with Crippen molar-refractivity contribution < 1.29 is 4.79 Å². The van der Waals surface area contributed by atoms with Crippen molar-refractivity contribution in [3.8, 4) is 0 Å². The number of nitrogens with zero attached hydrogens (tertiary/aromatic N) is 4. The molecular weight excluding hydrogens is 276 g/mol. The Bertz CT molecular complexity index is 619. The first-order valence-corrected chi connectivity index (χ1v) is 7.58. The minimum absolute atomic E-state index is 0.173. The van der Waals surface area contributed by atoms with Gasteiger partial charge in [0.15, 0.2) is 0 Å². The van der Waals surface area contributed by atoms with Gasteiger partial charge in [0, 0.05) is 44.3 Å². The Hall–Kier alpha value is -2.43. The van der Waals surface area contributed by atoms with E-state index < -0.39 is 0 Å². The molecule has 2 aromatic rings. The molecule has 1 fully saturated rings. The molecule has 0 radical (unpaired) electrons. The monoisotopic (exact) mass is 296 g/mol. The second-order valence-corrected chi connectivity index (χ2v) is 5.54. The Morgan fingerprint density at radius 2 is 1.91 bits per heavy atom. The summed E-state index contributed by atoms with van der Waals surface area (Å²) in [7, 11) is 0. The third-order valence-corrected chi connectivity index (χ3v) is 3.93. The summed E-state index contributed by atoms with van der Waals surface area (Å²) in [4.78, 5) is 25.1. The number of pyridine rings is 2. The molecule has 5 nitrogen and oxygen atoms in total. The van der Waals surface area contributed by atoms with Gasteiger partial charge in [0.2, 0.25) is 5.91 Å². The number of anilines is 1. The summed E-state index contributed by atoms with van der Waals surface area (Å²) >= 11 is 0. The molecule has 1 aliphatic rings. The van der Waals surface area contributed by atoms with Gasteiger partial charge in [-0.15, -0.1) is 0 Å². The quantitative estimate of drug-likeness (QED) is 0.864. The molecule has 0 saturated carbocycles. The molecule has 22 heavy (non-hydrogen) atoms. The number of carbonyl (C=O) groups is 1. The van der Waals surface area contributed by atoms with Crippen LogP contribution in [-0.2, 0) is 11.2 Å². The molecule has 0 bridgehead atoms. The van der Waals surface area contributed by atoms with Crippen LogP contribution in [0.3, 0.4) is 0 Å². The van der Waals surface area contributed by atoms with Crippen LogP contribution in [0, 0.1) is 6.92 Å². The summed E-state index contributed by atoms with van der Waals surface area (Å²) in [5.74, 6) is 1.16. The highest BCUT2D eigenvalue weighted by Crippen LogP contribution is 2.13. The van der Waals surface area contributed by atoms with Crippen LogP contribution in [0.4, 0.5) is 5.82 Å². The van der Waals surface area contributed by atoms with Gasteiger partial charge < -0.3 is 9.80 Å². The van der Waals surface area contributed by atoms with E-state index in [-0.39, 0.29) is 5.91 Å². The summed E-state index contributed by atoms with van der Waals surface area (Å²) in [6.07, 6.45) is 4.02. The third kappa shape index (κ3) is 3.42. The van der Waals surface area contributed by atoms with Crippen LogP contribution < -0.4 is 4.90 Å². The van der Waals surface area contributed by atoms with E-state index in [1.807, 2.05) is 42.2 Å². The predicted molar refractivity (Wildman–Crippen MR) is 85.7 cm³/mol. The van der Waals surface area contributed by atoms with Gasteiger partial charge >= 0.3 is 0 Å². The summed E-state index contributed by atoms with van der Waals surface area (Å²) in [5, 5.41) is 0. The fourth-order valence-corrected chi connectivity index (χ4v) is 2.62. The molecule has 3 rings (SSSR count).